The number of primary amides is 1. The third kappa shape index (κ3) is 3.54. The maximum Gasteiger partial charge on any atom is 0.494 e. The van der Waals surface area contributed by atoms with Crippen LogP contribution in [0.15, 0.2) is 30.3 Å². The molecule has 4 nitrogen and oxygen atoms in total. The standard InChI is InChI=1S/C16H22BNO3/c1-15(2)16(3,4)21-17(20-15)13-10-8-12(9-11-13)6-5-7-14(18)19/h5-6,8-11H,7H2,1-4H3,(H2,18,19). The highest BCUT2D eigenvalue weighted by atomic mass is 16.7. The van der Waals surface area contributed by atoms with Gasteiger partial charge in [-0.3, -0.25) is 4.79 Å². The molecule has 1 saturated heterocycles. The number of carbonyl (C=O) groups excluding carboxylic acids is 1. The van der Waals surface area contributed by atoms with Gasteiger partial charge in [0.1, 0.15) is 0 Å². The summed E-state index contributed by atoms with van der Waals surface area (Å²) in [6, 6.07) is 7.90. The summed E-state index contributed by atoms with van der Waals surface area (Å²) in [4.78, 5) is 10.7. The van der Waals surface area contributed by atoms with E-state index in [0.717, 1.165) is 11.0 Å². The Balaban J connectivity index is 2.07. The van der Waals surface area contributed by atoms with Gasteiger partial charge in [0.05, 0.1) is 11.2 Å². The smallest absolute Gasteiger partial charge is 0.399 e. The van der Waals surface area contributed by atoms with E-state index >= 15 is 0 Å². The van der Waals surface area contributed by atoms with E-state index in [-0.39, 0.29) is 30.6 Å². The highest BCUT2D eigenvalue weighted by molar-refractivity contribution is 6.62. The van der Waals surface area contributed by atoms with Crippen LogP contribution in [0.5, 0.6) is 0 Å². The number of carbonyl (C=O) groups is 1. The van der Waals surface area contributed by atoms with Crippen molar-refractivity contribution >= 4 is 24.6 Å². The topological polar surface area (TPSA) is 61.5 Å². The highest BCUT2D eigenvalue weighted by Gasteiger charge is 2.51. The van der Waals surface area contributed by atoms with E-state index in [0.29, 0.717) is 0 Å². The summed E-state index contributed by atoms with van der Waals surface area (Å²) in [5.41, 5.74) is 6.42. The van der Waals surface area contributed by atoms with Crippen LogP contribution in [0.4, 0.5) is 0 Å². The van der Waals surface area contributed by atoms with Gasteiger partial charge < -0.3 is 15.0 Å². The Kier molecular flexibility index (Phi) is 4.26. The summed E-state index contributed by atoms with van der Waals surface area (Å²) in [6.07, 6.45) is 3.88. The van der Waals surface area contributed by atoms with E-state index in [1.165, 1.54) is 0 Å². The average molecular weight is 287 g/mol. The minimum atomic E-state index is -0.348. The molecule has 1 aliphatic heterocycles. The van der Waals surface area contributed by atoms with Crippen molar-refractivity contribution < 1.29 is 14.1 Å². The molecule has 21 heavy (non-hydrogen) atoms. The van der Waals surface area contributed by atoms with Crippen LogP contribution in [0.25, 0.3) is 6.08 Å². The van der Waals surface area contributed by atoms with E-state index in [4.69, 9.17) is 15.0 Å². The number of hydrogen-bond acceptors (Lipinski definition) is 3. The number of rotatable bonds is 4. The first-order chi connectivity index (χ1) is 9.71. The molecule has 1 heterocycles. The Bertz CT molecular complexity index is 533. The van der Waals surface area contributed by atoms with Gasteiger partial charge in [-0.25, -0.2) is 0 Å². The van der Waals surface area contributed by atoms with Gasteiger partial charge in [-0.1, -0.05) is 36.4 Å². The lowest BCUT2D eigenvalue weighted by molar-refractivity contribution is -0.117. The molecule has 1 aliphatic rings. The second-order valence-corrected chi connectivity index (χ2v) is 6.33. The quantitative estimate of drug-likeness (QED) is 0.860. The molecule has 0 aliphatic carbocycles. The molecule has 1 fully saturated rings. The van der Waals surface area contributed by atoms with Gasteiger partial charge in [0, 0.05) is 6.42 Å². The number of hydrogen-bond donors (Lipinski definition) is 1. The molecule has 1 aromatic carbocycles. The lowest BCUT2D eigenvalue weighted by Gasteiger charge is -2.32. The minimum Gasteiger partial charge on any atom is -0.399 e. The van der Waals surface area contributed by atoms with Crippen LogP contribution in [0.1, 0.15) is 39.7 Å². The average Bonchev–Trinajstić information content (AvgIpc) is 2.59. The van der Waals surface area contributed by atoms with Crippen molar-refractivity contribution in [2.45, 2.75) is 45.3 Å². The molecule has 0 spiro atoms. The number of nitrogens with two attached hydrogens (primary N) is 1. The third-order valence-corrected chi connectivity index (χ3v) is 4.09. The molecule has 0 saturated carbocycles. The van der Waals surface area contributed by atoms with Crippen molar-refractivity contribution in [1.29, 1.82) is 0 Å². The maximum absolute atomic E-state index is 10.7. The van der Waals surface area contributed by atoms with Crippen LogP contribution in [0.3, 0.4) is 0 Å². The molecule has 1 aromatic rings. The maximum atomic E-state index is 10.7. The zero-order valence-corrected chi connectivity index (χ0v) is 13.1. The van der Waals surface area contributed by atoms with E-state index in [2.05, 4.69) is 0 Å². The van der Waals surface area contributed by atoms with Gasteiger partial charge in [-0.15, -0.1) is 0 Å². The second-order valence-electron chi connectivity index (χ2n) is 6.33. The summed E-state index contributed by atoms with van der Waals surface area (Å²) in [5.74, 6) is -0.333. The monoisotopic (exact) mass is 287 g/mol. The molecule has 2 rings (SSSR count). The van der Waals surface area contributed by atoms with Crippen molar-refractivity contribution in [1.82, 2.24) is 0 Å². The molecule has 0 bridgehead atoms. The fraction of sp³-hybridized carbons (Fsp3) is 0.438. The normalized spacial score (nSPS) is 20.1. The minimum absolute atomic E-state index is 0.249. The largest absolute Gasteiger partial charge is 0.494 e. The fourth-order valence-corrected chi connectivity index (χ4v) is 2.05. The van der Waals surface area contributed by atoms with Gasteiger partial charge >= 0.3 is 7.12 Å². The molecule has 0 unspecified atom stereocenters. The Morgan fingerprint density at radius 3 is 2.14 bits per heavy atom. The molecular formula is C16H22BNO3. The zero-order valence-electron chi connectivity index (χ0n) is 13.1. The van der Waals surface area contributed by atoms with Crippen molar-refractivity contribution in [2.75, 3.05) is 0 Å². The van der Waals surface area contributed by atoms with E-state index in [9.17, 15) is 4.79 Å². The van der Waals surface area contributed by atoms with E-state index < -0.39 is 0 Å². The second kappa shape index (κ2) is 5.66. The predicted octanol–water partition coefficient (Wildman–Crippen LogP) is 1.87. The fourth-order valence-electron chi connectivity index (χ4n) is 2.05. The van der Waals surface area contributed by atoms with Gasteiger partial charge in [0.15, 0.2) is 0 Å². The van der Waals surface area contributed by atoms with Crippen molar-refractivity contribution in [3.8, 4) is 0 Å². The summed E-state index contributed by atoms with van der Waals surface area (Å²) in [6.45, 7) is 8.14. The SMILES string of the molecule is CC1(C)OB(c2ccc(C=CCC(N)=O)cc2)OC1(C)C. The number of amides is 1. The van der Waals surface area contributed by atoms with Crippen molar-refractivity contribution in [3.05, 3.63) is 35.9 Å². The van der Waals surface area contributed by atoms with Crippen LogP contribution in [-0.4, -0.2) is 24.2 Å². The van der Waals surface area contributed by atoms with Crippen LogP contribution >= 0.6 is 0 Å². The Morgan fingerprint density at radius 2 is 1.67 bits per heavy atom. The number of benzene rings is 1. The third-order valence-electron chi connectivity index (χ3n) is 4.09. The molecule has 2 N–H and O–H groups in total. The van der Waals surface area contributed by atoms with Gasteiger partial charge in [-0.05, 0) is 38.7 Å². The van der Waals surface area contributed by atoms with Gasteiger partial charge in [-0.2, -0.15) is 0 Å². The molecular weight excluding hydrogens is 265 g/mol. The Hall–Kier alpha value is -1.59. The van der Waals surface area contributed by atoms with E-state index in [1.807, 2.05) is 58.0 Å². The lowest BCUT2D eigenvalue weighted by atomic mass is 9.79. The molecule has 0 atom stereocenters. The first-order valence-electron chi connectivity index (χ1n) is 7.12. The molecule has 1 amide bonds. The molecule has 0 radical (unpaired) electrons. The van der Waals surface area contributed by atoms with Crippen LogP contribution in [0.2, 0.25) is 0 Å². The van der Waals surface area contributed by atoms with E-state index in [1.54, 1.807) is 6.08 Å². The van der Waals surface area contributed by atoms with Crippen LogP contribution < -0.4 is 11.2 Å². The molecule has 5 heteroatoms. The predicted molar refractivity (Wildman–Crippen MR) is 85.0 cm³/mol. The van der Waals surface area contributed by atoms with Crippen molar-refractivity contribution in [3.63, 3.8) is 0 Å². The summed E-state index contributed by atoms with van der Waals surface area (Å²) in [7, 11) is -0.348. The highest BCUT2D eigenvalue weighted by Crippen LogP contribution is 2.36. The van der Waals surface area contributed by atoms with Crippen LogP contribution in [-0.2, 0) is 14.1 Å². The Labute approximate surface area is 126 Å². The first kappa shape index (κ1) is 15.8. The lowest BCUT2D eigenvalue weighted by Crippen LogP contribution is -2.41. The first-order valence-corrected chi connectivity index (χ1v) is 7.12. The summed E-state index contributed by atoms with van der Waals surface area (Å²) < 4.78 is 12.0. The summed E-state index contributed by atoms with van der Waals surface area (Å²) in [5, 5.41) is 0. The Morgan fingerprint density at radius 1 is 1.14 bits per heavy atom. The molecule has 0 aromatic heterocycles. The van der Waals surface area contributed by atoms with Crippen molar-refractivity contribution in [2.24, 2.45) is 5.73 Å². The zero-order chi connectivity index (χ0) is 15.7. The molecule has 112 valence electrons. The summed E-state index contributed by atoms with van der Waals surface area (Å²) >= 11 is 0. The van der Waals surface area contributed by atoms with Crippen LogP contribution in [0, 0.1) is 0 Å². The van der Waals surface area contributed by atoms with Gasteiger partial charge in [0.2, 0.25) is 5.91 Å². The van der Waals surface area contributed by atoms with Gasteiger partial charge in [0.25, 0.3) is 0 Å².